The first-order chi connectivity index (χ1) is 6.01. The van der Waals surface area contributed by atoms with Crippen LogP contribution in [-0.2, 0) is 0 Å². The van der Waals surface area contributed by atoms with Crippen molar-refractivity contribution in [2.75, 3.05) is 13.2 Å². The van der Waals surface area contributed by atoms with Gasteiger partial charge in [-0.15, -0.1) is 19.7 Å². The van der Waals surface area contributed by atoms with Gasteiger partial charge in [-0.1, -0.05) is 17.1 Å². The summed E-state index contributed by atoms with van der Waals surface area (Å²) in [5, 5.41) is 10.5. The molecule has 0 aromatic rings. The molecular formula is C9H14NO2Si-. The molecule has 0 heterocycles. The first kappa shape index (κ1) is 11.7. The lowest BCUT2D eigenvalue weighted by atomic mass is 10.9. The Labute approximate surface area is 79.7 Å². The summed E-state index contributed by atoms with van der Waals surface area (Å²) in [6.45, 7) is 11.0. The smallest absolute Gasteiger partial charge is 0.144 e. The van der Waals surface area contributed by atoms with Crippen molar-refractivity contribution in [1.29, 1.82) is 0 Å². The third-order valence-corrected chi connectivity index (χ3v) is 5.27. The minimum absolute atomic E-state index is 0.367. The van der Waals surface area contributed by atoms with Crippen LogP contribution in [0.2, 0.25) is 0 Å². The number of rotatable bonds is 5. The maximum atomic E-state index is 10.5. The molecule has 0 aromatic heterocycles. The fraction of sp³-hybridized carbons (Fsp3) is 0.222. The van der Waals surface area contributed by atoms with Crippen LogP contribution in [0.1, 0.15) is 0 Å². The van der Waals surface area contributed by atoms with Crippen LogP contribution in [0.3, 0.4) is 0 Å². The van der Waals surface area contributed by atoms with Crippen molar-refractivity contribution in [3.8, 4) is 0 Å². The second kappa shape index (κ2) is 4.66. The summed E-state index contributed by atoms with van der Waals surface area (Å²) in [6, 6.07) is 0. The Morgan fingerprint density at radius 2 is 1.77 bits per heavy atom. The number of carbonyl (C=O) groups is 1. The lowest BCUT2D eigenvalue weighted by Gasteiger charge is -2.28. The number of carboxylic acid groups (broad SMARTS) is 1. The second-order valence-electron chi connectivity index (χ2n) is 2.85. The van der Waals surface area contributed by atoms with Gasteiger partial charge in [0.2, 0.25) is 0 Å². The van der Waals surface area contributed by atoms with Crippen molar-refractivity contribution in [2.45, 2.75) is 0 Å². The lowest BCUT2D eigenvalue weighted by Crippen LogP contribution is -2.48. The fourth-order valence-electron chi connectivity index (χ4n) is 0.919. The van der Waals surface area contributed by atoms with E-state index in [0.717, 1.165) is 4.90 Å². The summed E-state index contributed by atoms with van der Waals surface area (Å²) in [5.41, 5.74) is 5.23. The summed E-state index contributed by atoms with van der Waals surface area (Å²) in [7, 11) is -0.581. The number of nitrogens with zero attached hydrogens (tertiary/aromatic N) is 1. The molecule has 0 fully saturated rings. The van der Waals surface area contributed by atoms with Gasteiger partial charge in [-0.3, -0.25) is 0 Å². The van der Waals surface area contributed by atoms with Gasteiger partial charge in [0.1, 0.15) is 14.2 Å². The van der Waals surface area contributed by atoms with E-state index in [4.69, 9.17) is 0 Å². The minimum atomic E-state index is -2.05. The van der Waals surface area contributed by atoms with Crippen LogP contribution in [-0.4, -0.2) is 32.3 Å². The predicted octanol–water partition coefficient (Wildman–Crippen LogP) is 0.425. The Morgan fingerprint density at radius 3 is 2.00 bits per heavy atom. The van der Waals surface area contributed by atoms with Gasteiger partial charge in [0.25, 0.3) is 0 Å². The number of hydrogen-bond donors (Lipinski definition) is 0. The van der Waals surface area contributed by atoms with Crippen LogP contribution in [0, 0.1) is 0 Å². The average molecular weight is 196 g/mol. The summed E-state index contributed by atoms with van der Waals surface area (Å²) in [5.74, 6) is 0. The van der Waals surface area contributed by atoms with Crippen molar-refractivity contribution in [2.24, 2.45) is 0 Å². The molecule has 4 heteroatoms. The van der Waals surface area contributed by atoms with Gasteiger partial charge in [0.15, 0.2) is 0 Å². The first-order valence-corrected chi connectivity index (χ1v) is 6.28. The molecular weight excluding hydrogens is 182 g/mol. The molecule has 0 aliphatic heterocycles. The SMILES string of the molecule is C=C[Si](C=C)(C=C)CN(C)C(=O)[O-]. The van der Waals surface area contributed by atoms with E-state index in [1.807, 2.05) is 0 Å². The molecule has 0 aliphatic rings. The molecule has 13 heavy (non-hydrogen) atoms. The van der Waals surface area contributed by atoms with Crippen LogP contribution in [0.4, 0.5) is 4.79 Å². The van der Waals surface area contributed by atoms with E-state index < -0.39 is 14.2 Å². The highest BCUT2D eigenvalue weighted by Gasteiger charge is 2.23. The molecule has 0 unspecified atom stereocenters. The summed E-state index contributed by atoms with van der Waals surface area (Å²) in [4.78, 5) is 11.6. The zero-order chi connectivity index (χ0) is 10.5. The van der Waals surface area contributed by atoms with Gasteiger partial charge < -0.3 is 14.8 Å². The van der Waals surface area contributed by atoms with E-state index in [9.17, 15) is 9.90 Å². The third-order valence-electron chi connectivity index (χ3n) is 1.96. The number of amides is 1. The Morgan fingerprint density at radius 1 is 1.38 bits per heavy atom. The predicted molar refractivity (Wildman–Crippen MR) is 54.4 cm³/mol. The van der Waals surface area contributed by atoms with Crippen molar-refractivity contribution >= 4 is 14.2 Å². The highest BCUT2D eigenvalue weighted by atomic mass is 28.3. The maximum absolute atomic E-state index is 10.5. The lowest BCUT2D eigenvalue weighted by molar-refractivity contribution is -0.263. The van der Waals surface area contributed by atoms with Crippen LogP contribution in [0.15, 0.2) is 36.8 Å². The molecule has 3 nitrogen and oxygen atoms in total. The van der Waals surface area contributed by atoms with Gasteiger partial charge in [-0.2, -0.15) is 0 Å². The minimum Gasteiger partial charge on any atom is -0.530 e. The zero-order valence-corrected chi connectivity index (χ0v) is 8.82. The maximum Gasteiger partial charge on any atom is 0.144 e. The molecule has 72 valence electrons. The van der Waals surface area contributed by atoms with Gasteiger partial charge >= 0.3 is 0 Å². The van der Waals surface area contributed by atoms with E-state index in [0.29, 0.717) is 6.17 Å². The normalized spacial score (nSPS) is 10.2. The second-order valence-corrected chi connectivity index (χ2v) is 6.61. The van der Waals surface area contributed by atoms with Crippen molar-refractivity contribution in [3.05, 3.63) is 36.8 Å². The molecule has 0 N–H and O–H groups in total. The van der Waals surface area contributed by atoms with Crippen molar-refractivity contribution in [1.82, 2.24) is 4.90 Å². The highest BCUT2D eigenvalue weighted by Crippen LogP contribution is 2.08. The Hall–Kier alpha value is -1.29. The van der Waals surface area contributed by atoms with E-state index in [1.165, 1.54) is 7.05 Å². The summed E-state index contributed by atoms with van der Waals surface area (Å²) < 4.78 is 0. The topological polar surface area (TPSA) is 43.4 Å². The van der Waals surface area contributed by atoms with E-state index >= 15 is 0 Å². The Kier molecular flexibility index (Phi) is 4.20. The van der Waals surface area contributed by atoms with E-state index in [1.54, 1.807) is 17.1 Å². The van der Waals surface area contributed by atoms with Gasteiger partial charge in [0, 0.05) is 13.2 Å². The Bertz CT molecular complexity index is 216. The zero-order valence-electron chi connectivity index (χ0n) is 7.82. The monoisotopic (exact) mass is 196 g/mol. The molecule has 0 radical (unpaired) electrons. The molecule has 0 bridgehead atoms. The summed E-state index contributed by atoms with van der Waals surface area (Å²) >= 11 is 0. The molecule has 0 rings (SSSR count). The molecule has 0 saturated heterocycles. The highest BCUT2D eigenvalue weighted by molar-refractivity contribution is 6.93. The van der Waals surface area contributed by atoms with Crippen LogP contribution >= 0.6 is 0 Å². The number of carbonyl (C=O) groups excluding carboxylic acids is 1. The summed E-state index contributed by atoms with van der Waals surface area (Å²) in [6.07, 6.45) is -0.825. The van der Waals surface area contributed by atoms with Crippen LogP contribution in [0.25, 0.3) is 0 Å². The molecule has 0 aliphatic carbocycles. The quantitative estimate of drug-likeness (QED) is 0.598. The standard InChI is InChI=1S/C9H15NO2Si/c1-5-13(6-2,7-3)8-10(4)9(11)12/h5-7H,1-3,8H2,4H3,(H,11,12)/p-1. The molecule has 0 aromatic carbocycles. The van der Waals surface area contributed by atoms with Gasteiger partial charge in [-0.05, 0) is 0 Å². The Balaban J connectivity index is 4.60. The molecule has 0 saturated carbocycles. The molecule has 0 spiro atoms. The van der Waals surface area contributed by atoms with Crippen LogP contribution in [0.5, 0.6) is 0 Å². The van der Waals surface area contributed by atoms with Gasteiger partial charge in [0.05, 0.1) is 0 Å². The van der Waals surface area contributed by atoms with E-state index in [-0.39, 0.29) is 0 Å². The van der Waals surface area contributed by atoms with E-state index in [2.05, 4.69) is 19.7 Å². The molecule has 1 amide bonds. The average Bonchev–Trinajstić information content (AvgIpc) is 2.14. The van der Waals surface area contributed by atoms with Crippen molar-refractivity contribution in [3.63, 3.8) is 0 Å². The van der Waals surface area contributed by atoms with Crippen LogP contribution < -0.4 is 5.11 Å². The largest absolute Gasteiger partial charge is 0.530 e. The third kappa shape index (κ3) is 2.91. The fourth-order valence-corrected chi connectivity index (χ4v) is 2.76. The van der Waals surface area contributed by atoms with Crippen molar-refractivity contribution < 1.29 is 9.90 Å². The number of hydrogen-bond acceptors (Lipinski definition) is 2. The first-order valence-electron chi connectivity index (χ1n) is 3.84. The molecule has 0 atom stereocenters. The van der Waals surface area contributed by atoms with Gasteiger partial charge in [-0.25, -0.2) is 0 Å².